The second-order valence-electron chi connectivity index (χ2n) is 7.85. The van der Waals surface area contributed by atoms with Crippen molar-refractivity contribution in [3.63, 3.8) is 0 Å². The number of nitrogens with one attached hydrogen (secondary N) is 2. The van der Waals surface area contributed by atoms with E-state index in [-0.39, 0.29) is 12.5 Å². The van der Waals surface area contributed by atoms with Crippen LogP contribution in [0.3, 0.4) is 0 Å². The molecule has 4 rings (SSSR count). The number of hydrazone groups is 1. The van der Waals surface area contributed by atoms with Gasteiger partial charge in [0.15, 0.2) is 23.2 Å². The Balaban J connectivity index is 1.36. The van der Waals surface area contributed by atoms with E-state index >= 15 is 0 Å². The van der Waals surface area contributed by atoms with Gasteiger partial charge in [0.1, 0.15) is 0 Å². The van der Waals surface area contributed by atoms with E-state index < -0.39 is 5.97 Å². The third kappa shape index (κ3) is 7.68. The Bertz CT molecular complexity index is 1490. The van der Waals surface area contributed by atoms with Crippen molar-refractivity contribution in [2.45, 2.75) is 0 Å². The van der Waals surface area contributed by atoms with Gasteiger partial charge in [-0.2, -0.15) is 5.10 Å². The standard InChI is InChI=1S/C27H22ClIN4O5S/c1-36-23-12-16(11-21(29)25(23)38-14-24(34)37-2)13-30-33-26(35)18-5-3-17(4-6-18)22-15-39-27(32-22)31-20-9-7-19(28)8-10-20/h3-13,15H,14H2,1-2H3,(H,31,32)(H,33,35)/b30-13-. The first-order valence-electron chi connectivity index (χ1n) is 11.4. The van der Waals surface area contributed by atoms with E-state index in [0.29, 0.717) is 31.2 Å². The highest BCUT2D eigenvalue weighted by Crippen LogP contribution is 2.33. The van der Waals surface area contributed by atoms with Crippen LogP contribution in [-0.4, -0.2) is 43.9 Å². The van der Waals surface area contributed by atoms with Gasteiger partial charge < -0.3 is 19.5 Å². The molecule has 0 radical (unpaired) electrons. The van der Waals surface area contributed by atoms with Crippen LogP contribution < -0.4 is 20.2 Å². The quantitative estimate of drug-likeness (QED) is 0.0899. The van der Waals surface area contributed by atoms with E-state index in [1.54, 1.807) is 24.3 Å². The Morgan fingerprint density at radius 2 is 1.85 bits per heavy atom. The second kappa shape index (κ2) is 13.4. The molecule has 0 saturated heterocycles. The summed E-state index contributed by atoms with van der Waals surface area (Å²) in [5.41, 5.74) is 6.21. The summed E-state index contributed by atoms with van der Waals surface area (Å²) >= 11 is 9.48. The van der Waals surface area contributed by atoms with Crippen molar-refractivity contribution in [2.75, 3.05) is 26.1 Å². The van der Waals surface area contributed by atoms with Crippen LogP contribution >= 0.6 is 45.5 Å². The number of halogens is 2. The number of thiazole rings is 1. The van der Waals surface area contributed by atoms with Gasteiger partial charge in [-0.3, -0.25) is 4.79 Å². The van der Waals surface area contributed by atoms with Crippen LogP contribution in [0.15, 0.2) is 71.1 Å². The third-order valence-corrected chi connectivity index (χ3v) is 7.05. The first-order valence-corrected chi connectivity index (χ1v) is 13.7. The lowest BCUT2D eigenvalue weighted by Crippen LogP contribution is -2.17. The van der Waals surface area contributed by atoms with Gasteiger partial charge in [0.25, 0.3) is 5.91 Å². The average molecular weight is 677 g/mol. The molecule has 0 bridgehead atoms. The number of esters is 1. The van der Waals surface area contributed by atoms with E-state index in [0.717, 1.165) is 22.1 Å². The van der Waals surface area contributed by atoms with Gasteiger partial charge in [-0.1, -0.05) is 23.7 Å². The number of aromatic nitrogens is 1. The third-order valence-electron chi connectivity index (χ3n) is 5.24. The number of benzene rings is 3. The molecule has 1 amide bonds. The van der Waals surface area contributed by atoms with Crippen molar-refractivity contribution in [1.82, 2.24) is 10.4 Å². The fraction of sp³-hybridized carbons (Fsp3) is 0.111. The summed E-state index contributed by atoms with van der Waals surface area (Å²) < 4.78 is 16.2. The molecular formula is C27H22ClIN4O5S. The predicted molar refractivity (Wildman–Crippen MR) is 161 cm³/mol. The summed E-state index contributed by atoms with van der Waals surface area (Å²) in [6, 6.07) is 17.9. The van der Waals surface area contributed by atoms with Crippen LogP contribution in [-0.2, 0) is 9.53 Å². The summed E-state index contributed by atoms with van der Waals surface area (Å²) in [6.07, 6.45) is 1.49. The van der Waals surface area contributed by atoms with Crippen LogP contribution in [0.1, 0.15) is 15.9 Å². The summed E-state index contributed by atoms with van der Waals surface area (Å²) in [4.78, 5) is 28.6. The van der Waals surface area contributed by atoms with Gasteiger partial charge in [-0.05, 0) is 76.7 Å². The maximum atomic E-state index is 12.6. The molecule has 1 aromatic heterocycles. The minimum atomic E-state index is -0.503. The minimum absolute atomic E-state index is 0.241. The highest BCUT2D eigenvalue weighted by atomic mass is 127. The molecule has 2 N–H and O–H groups in total. The van der Waals surface area contributed by atoms with Crippen LogP contribution in [0.4, 0.5) is 10.8 Å². The van der Waals surface area contributed by atoms with Gasteiger partial charge in [0.05, 0.1) is 29.7 Å². The van der Waals surface area contributed by atoms with Crippen molar-refractivity contribution in [2.24, 2.45) is 5.10 Å². The highest BCUT2D eigenvalue weighted by molar-refractivity contribution is 14.1. The van der Waals surface area contributed by atoms with E-state index in [1.807, 2.05) is 41.8 Å². The number of hydrogen-bond donors (Lipinski definition) is 2. The Labute approximate surface area is 247 Å². The smallest absolute Gasteiger partial charge is 0.343 e. The van der Waals surface area contributed by atoms with Crippen LogP contribution in [0.25, 0.3) is 11.3 Å². The Morgan fingerprint density at radius 1 is 1.10 bits per heavy atom. The molecule has 0 aliphatic heterocycles. The van der Waals surface area contributed by atoms with Gasteiger partial charge in [-0.15, -0.1) is 11.3 Å². The van der Waals surface area contributed by atoms with Crippen molar-refractivity contribution in [3.8, 4) is 22.8 Å². The molecule has 9 nitrogen and oxygen atoms in total. The number of nitrogens with zero attached hydrogens (tertiary/aromatic N) is 2. The van der Waals surface area contributed by atoms with E-state index in [9.17, 15) is 9.59 Å². The largest absolute Gasteiger partial charge is 0.493 e. The molecule has 4 aromatic rings. The molecule has 0 atom stereocenters. The average Bonchev–Trinajstić information content (AvgIpc) is 3.41. The number of ether oxygens (including phenoxy) is 3. The lowest BCUT2D eigenvalue weighted by atomic mass is 10.1. The fourth-order valence-electron chi connectivity index (χ4n) is 3.29. The summed E-state index contributed by atoms with van der Waals surface area (Å²) in [5, 5.41) is 10.7. The lowest BCUT2D eigenvalue weighted by Gasteiger charge is -2.12. The van der Waals surface area contributed by atoms with Crippen LogP contribution in [0, 0.1) is 3.57 Å². The molecule has 0 aliphatic carbocycles. The van der Waals surface area contributed by atoms with Crippen molar-refractivity contribution in [3.05, 3.63) is 85.8 Å². The molecule has 3 aromatic carbocycles. The molecule has 0 spiro atoms. The van der Waals surface area contributed by atoms with Crippen LogP contribution in [0.5, 0.6) is 11.5 Å². The molecule has 1 heterocycles. The van der Waals surface area contributed by atoms with Crippen molar-refractivity contribution < 1.29 is 23.8 Å². The molecule has 0 aliphatic rings. The Kier molecular flexibility index (Phi) is 9.74. The number of carbonyl (C=O) groups excluding carboxylic acids is 2. The minimum Gasteiger partial charge on any atom is -0.493 e. The van der Waals surface area contributed by atoms with Crippen molar-refractivity contribution >= 4 is 74.4 Å². The molecule has 0 saturated carbocycles. The number of amides is 1. The molecule has 0 unspecified atom stereocenters. The zero-order valence-electron chi connectivity index (χ0n) is 20.7. The molecule has 200 valence electrons. The molecule has 12 heteroatoms. The normalized spacial score (nSPS) is 10.8. The van der Waals surface area contributed by atoms with Gasteiger partial charge >= 0.3 is 5.97 Å². The zero-order valence-corrected chi connectivity index (χ0v) is 24.5. The van der Waals surface area contributed by atoms with Gasteiger partial charge in [-0.25, -0.2) is 15.2 Å². The van der Waals surface area contributed by atoms with E-state index in [1.165, 1.54) is 31.8 Å². The zero-order chi connectivity index (χ0) is 27.8. The Hall–Kier alpha value is -3.68. The van der Waals surface area contributed by atoms with E-state index in [4.69, 9.17) is 21.1 Å². The second-order valence-corrected chi connectivity index (χ2v) is 10.3. The monoisotopic (exact) mass is 676 g/mol. The maximum Gasteiger partial charge on any atom is 0.343 e. The summed E-state index contributed by atoms with van der Waals surface area (Å²) in [5.74, 6) is -0.0295. The number of methoxy groups -OCH3 is 2. The summed E-state index contributed by atoms with van der Waals surface area (Å²) in [6.45, 7) is -0.241. The van der Waals surface area contributed by atoms with Gasteiger partial charge in [0, 0.05) is 27.2 Å². The number of rotatable bonds is 10. The SMILES string of the molecule is COC(=O)COc1c(I)cc(/C=N\NC(=O)c2ccc(-c3csc(Nc4ccc(Cl)cc4)n3)cc2)cc1OC. The van der Waals surface area contributed by atoms with Crippen LogP contribution in [0.2, 0.25) is 5.02 Å². The maximum absolute atomic E-state index is 12.6. The Morgan fingerprint density at radius 3 is 2.54 bits per heavy atom. The number of carbonyl (C=O) groups is 2. The van der Waals surface area contributed by atoms with Crippen molar-refractivity contribution in [1.29, 1.82) is 0 Å². The fourth-order valence-corrected chi connectivity index (χ4v) is 4.93. The van der Waals surface area contributed by atoms with Gasteiger partial charge in [0.2, 0.25) is 0 Å². The summed E-state index contributed by atoms with van der Waals surface area (Å²) in [7, 11) is 2.78. The lowest BCUT2D eigenvalue weighted by molar-refractivity contribution is -0.142. The predicted octanol–water partition coefficient (Wildman–Crippen LogP) is 6.14. The molecule has 0 fully saturated rings. The number of hydrogen-bond acceptors (Lipinski definition) is 9. The molecule has 39 heavy (non-hydrogen) atoms. The first kappa shape index (κ1) is 28.3. The topological polar surface area (TPSA) is 111 Å². The first-order chi connectivity index (χ1) is 18.9. The molecular weight excluding hydrogens is 655 g/mol. The number of anilines is 2. The van der Waals surface area contributed by atoms with E-state index in [2.05, 4.69) is 48.2 Å². The highest BCUT2D eigenvalue weighted by Gasteiger charge is 2.14.